The highest BCUT2D eigenvalue weighted by atomic mass is 16.4. The molecule has 2 fully saturated rings. The Labute approximate surface area is 111 Å². The van der Waals surface area contributed by atoms with Gasteiger partial charge in [0, 0.05) is 19.6 Å². The van der Waals surface area contributed by atoms with E-state index < -0.39 is 16.9 Å². The van der Waals surface area contributed by atoms with Crippen LogP contribution in [0, 0.1) is 5.41 Å². The number of piperazine rings is 1. The van der Waals surface area contributed by atoms with E-state index in [-0.39, 0.29) is 18.5 Å². The van der Waals surface area contributed by atoms with Crippen molar-refractivity contribution in [3.8, 4) is 0 Å². The minimum absolute atomic E-state index is 0.120. The molecule has 19 heavy (non-hydrogen) atoms. The first kappa shape index (κ1) is 13.6. The number of carbonyl (C=O) groups excluding carboxylic acids is 2. The number of hydrogen-bond donors (Lipinski definition) is 3. The maximum absolute atomic E-state index is 12.1. The van der Waals surface area contributed by atoms with Crippen molar-refractivity contribution in [1.29, 1.82) is 0 Å². The molecule has 7 nitrogen and oxygen atoms in total. The summed E-state index contributed by atoms with van der Waals surface area (Å²) in [5.74, 6) is -1.07. The SMILES string of the molecule is CC1(C)C(=O)NCCN1C(=O)NCC1(C(=O)O)CC1. The molecule has 1 heterocycles. The standard InChI is InChI=1S/C12H19N3O4/c1-11(2)8(16)13-5-6-15(11)10(19)14-7-12(3-4-12)9(17)18/h3-7H2,1-2H3,(H,13,16)(H,14,19)(H,17,18). The third-order valence-corrected chi connectivity index (χ3v) is 3.98. The Morgan fingerprint density at radius 3 is 2.58 bits per heavy atom. The third-order valence-electron chi connectivity index (χ3n) is 3.98. The lowest BCUT2D eigenvalue weighted by Crippen LogP contribution is -2.65. The lowest BCUT2D eigenvalue weighted by atomic mass is 9.99. The molecule has 106 valence electrons. The van der Waals surface area contributed by atoms with Crippen LogP contribution in [-0.2, 0) is 9.59 Å². The van der Waals surface area contributed by atoms with E-state index in [1.165, 1.54) is 4.90 Å². The second kappa shape index (κ2) is 4.40. The predicted molar refractivity (Wildman–Crippen MR) is 66.5 cm³/mol. The topological polar surface area (TPSA) is 98.7 Å². The Kier molecular flexibility index (Phi) is 3.15. The van der Waals surface area contributed by atoms with Gasteiger partial charge in [-0.05, 0) is 26.7 Å². The van der Waals surface area contributed by atoms with Crippen LogP contribution in [0.25, 0.3) is 0 Å². The van der Waals surface area contributed by atoms with Crippen LogP contribution in [0.15, 0.2) is 0 Å². The number of urea groups is 1. The minimum atomic E-state index is -0.914. The van der Waals surface area contributed by atoms with Gasteiger partial charge in [-0.25, -0.2) is 4.79 Å². The molecule has 0 radical (unpaired) electrons. The Balaban J connectivity index is 1.96. The first-order chi connectivity index (χ1) is 8.79. The fourth-order valence-electron chi connectivity index (χ4n) is 2.21. The number of carboxylic acids is 1. The van der Waals surface area contributed by atoms with Gasteiger partial charge >= 0.3 is 12.0 Å². The van der Waals surface area contributed by atoms with Gasteiger partial charge in [0.2, 0.25) is 5.91 Å². The van der Waals surface area contributed by atoms with Crippen LogP contribution in [0.3, 0.4) is 0 Å². The highest BCUT2D eigenvalue weighted by Gasteiger charge is 2.51. The summed E-state index contributed by atoms with van der Waals surface area (Å²) in [7, 11) is 0. The number of hydrogen-bond acceptors (Lipinski definition) is 3. The molecular formula is C12H19N3O4. The smallest absolute Gasteiger partial charge is 0.318 e. The van der Waals surface area contributed by atoms with Gasteiger partial charge in [-0.3, -0.25) is 9.59 Å². The van der Waals surface area contributed by atoms with Crippen molar-refractivity contribution in [3.05, 3.63) is 0 Å². The van der Waals surface area contributed by atoms with E-state index in [4.69, 9.17) is 5.11 Å². The molecule has 1 aliphatic carbocycles. The van der Waals surface area contributed by atoms with Crippen LogP contribution < -0.4 is 10.6 Å². The fraction of sp³-hybridized carbons (Fsp3) is 0.750. The van der Waals surface area contributed by atoms with E-state index in [0.717, 1.165) is 0 Å². The molecule has 0 atom stereocenters. The summed E-state index contributed by atoms with van der Waals surface area (Å²) >= 11 is 0. The van der Waals surface area contributed by atoms with Gasteiger partial charge < -0.3 is 20.6 Å². The Morgan fingerprint density at radius 2 is 2.05 bits per heavy atom. The largest absolute Gasteiger partial charge is 0.481 e. The van der Waals surface area contributed by atoms with Crippen LogP contribution in [0.4, 0.5) is 4.79 Å². The van der Waals surface area contributed by atoms with E-state index in [9.17, 15) is 14.4 Å². The molecule has 1 aliphatic heterocycles. The quantitative estimate of drug-likeness (QED) is 0.659. The molecule has 0 spiro atoms. The molecule has 0 unspecified atom stereocenters. The molecule has 0 aromatic carbocycles. The zero-order chi connectivity index (χ0) is 14.3. The van der Waals surface area contributed by atoms with Gasteiger partial charge in [0.1, 0.15) is 5.54 Å². The number of carbonyl (C=O) groups is 3. The molecule has 0 aromatic rings. The Bertz CT molecular complexity index is 429. The van der Waals surface area contributed by atoms with E-state index >= 15 is 0 Å². The number of nitrogens with zero attached hydrogens (tertiary/aromatic N) is 1. The number of carboxylic acid groups (broad SMARTS) is 1. The van der Waals surface area contributed by atoms with Crippen molar-refractivity contribution in [2.45, 2.75) is 32.2 Å². The highest BCUT2D eigenvalue weighted by Crippen LogP contribution is 2.45. The second-order valence-corrected chi connectivity index (χ2v) is 5.71. The van der Waals surface area contributed by atoms with Gasteiger partial charge in [-0.2, -0.15) is 0 Å². The van der Waals surface area contributed by atoms with E-state index in [2.05, 4.69) is 10.6 Å². The van der Waals surface area contributed by atoms with Crippen molar-refractivity contribution in [2.75, 3.05) is 19.6 Å². The van der Waals surface area contributed by atoms with Crippen LogP contribution >= 0.6 is 0 Å². The fourth-order valence-corrected chi connectivity index (χ4v) is 2.21. The number of amides is 3. The van der Waals surface area contributed by atoms with Gasteiger partial charge in [0.25, 0.3) is 0 Å². The first-order valence-corrected chi connectivity index (χ1v) is 6.37. The van der Waals surface area contributed by atoms with E-state index in [1.54, 1.807) is 13.8 Å². The van der Waals surface area contributed by atoms with Crippen LogP contribution in [0.1, 0.15) is 26.7 Å². The summed E-state index contributed by atoms with van der Waals surface area (Å²) in [6.07, 6.45) is 1.18. The van der Waals surface area contributed by atoms with E-state index in [0.29, 0.717) is 25.9 Å². The van der Waals surface area contributed by atoms with Crippen molar-refractivity contribution in [1.82, 2.24) is 15.5 Å². The normalized spacial score (nSPS) is 23.5. The number of aliphatic carboxylic acids is 1. The molecule has 7 heteroatoms. The summed E-state index contributed by atoms with van der Waals surface area (Å²) in [5, 5.41) is 14.4. The second-order valence-electron chi connectivity index (χ2n) is 5.71. The summed E-state index contributed by atoms with van der Waals surface area (Å²) in [6, 6.07) is -0.382. The average molecular weight is 269 g/mol. The van der Waals surface area contributed by atoms with E-state index in [1.807, 2.05) is 0 Å². The maximum atomic E-state index is 12.1. The van der Waals surface area contributed by atoms with Crippen LogP contribution in [-0.4, -0.2) is 53.1 Å². The molecule has 1 saturated heterocycles. The minimum Gasteiger partial charge on any atom is -0.481 e. The first-order valence-electron chi connectivity index (χ1n) is 6.37. The lowest BCUT2D eigenvalue weighted by molar-refractivity contribution is -0.143. The van der Waals surface area contributed by atoms with Crippen molar-refractivity contribution >= 4 is 17.9 Å². The third kappa shape index (κ3) is 2.36. The maximum Gasteiger partial charge on any atom is 0.318 e. The van der Waals surface area contributed by atoms with Crippen LogP contribution in [0.5, 0.6) is 0 Å². The monoisotopic (exact) mass is 269 g/mol. The number of nitrogens with one attached hydrogen (secondary N) is 2. The predicted octanol–water partition coefficient (Wildman–Crippen LogP) is -0.229. The van der Waals surface area contributed by atoms with Crippen molar-refractivity contribution in [2.24, 2.45) is 5.41 Å². The Morgan fingerprint density at radius 1 is 1.42 bits per heavy atom. The summed E-state index contributed by atoms with van der Waals surface area (Å²) in [5.41, 5.74) is -1.71. The summed E-state index contributed by atoms with van der Waals surface area (Å²) < 4.78 is 0. The average Bonchev–Trinajstić information content (AvgIpc) is 3.11. The molecule has 0 aromatic heterocycles. The van der Waals surface area contributed by atoms with Gasteiger partial charge in [-0.15, -0.1) is 0 Å². The molecule has 3 N–H and O–H groups in total. The molecule has 0 bridgehead atoms. The lowest BCUT2D eigenvalue weighted by Gasteiger charge is -2.41. The Hall–Kier alpha value is -1.79. The summed E-state index contributed by atoms with van der Waals surface area (Å²) in [6.45, 7) is 4.30. The number of rotatable bonds is 3. The highest BCUT2D eigenvalue weighted by molar-refractivity contribution is 5.91. The molecule has 3 amide bonds. The van der Waals surface area contributed by atoms with Crippen LogP contribution in [0.2, 0.25) is 0 Å². The van der Waals surface area contributed by atoms with Gasteiger partial charge in [0.15, 0.2) is 0 Å². The molecular weight excluding hydrogens is 250 g/mol. The molecule has 2 aliphatic rings. The van der Waals surface area contributed by atoms with Crippen molar-refractivity contribution < 1.29 is 19.5 Å². The zero-order valence-electron chi connectivity index (χ0n) is 11.2. The molecule has 1 saturated carbocycles. The van der Waals surface area contributed by atoms with Gasteiger partial charge in [-0.1, -0.05) is 0 Å². The van der Waals surface area contributed by atoms with Gasteiger partial charge in [0.05, 0.1) is 5.41 Å². The summed E-state index contributed by atoms with van der Waals surface area (Å²) in [4.78, 5) is 36.3. The molecule has 2 rings (SSSR count). The van der Waals surface area contributed by atoms with Crippen molar-refractivity contribution in [3.63, 3.8) is 0 Å². The zero-order valence-corrected chi connectivity index (χ0v) is 11.2.